The van der Waals surface area contributed by atoms with Crippen molar-refractivity contribution >= 4 is 27.7 Å². The monoisotopic (exact) mass is 332 g/mol. The molecule has 0 spiro atoms. The van der Waals surface area contributed by atoms with Crippen molar-refractivity contribution in [2.75, 3.05) is 24.7 Å². The number of halogens is 1. The summed E-state index contributed by atoms with van der Waals surface area (Å²) in [5.41, 5.74) is 1.20. The van der Waals surface area contributed by atoms with Crippen molar-refractivity contribution in [2.24, 2.45) is 0 Å². The molecule has 0 fully saturated rings. The van der Waals surface area contributed by atoms with E-state index in [1.165, 1.54) is 11.3 Å². The largest absolute Gasteiger partial charge is 0.490 e. The van der Waals surface area contributed by atoms with Gasteiger partial charge < -0.3 is 9.47 Å². The molecule has 4 heteroatoms. The molecule has 0 radical (unpaired) electrons. The van der Waals surface area contributed by atoms with E-state index < -0.39 is 0 Å². The SMILES string of the molecule is CCOc1cc(CBr)ccc1OCCCSCC. The molecule has 0 aromatic heterocycles. The summed E-state index contributed by atoms with van der Waals surface area (Å²) < 4.78 is 11.4. The molecule has 102 valence electrons. The molecule has 0 heterocycles. The topological polar surface area (TPSA) is 18.5 Å². The second-order valence-corrected chi connectivity index (χ2v) is 5.70. The highest BCUT2D eigenvalue weighted by Gasteiger charge is 2.05. The molecule has 0 saturated carbocycles. The Labute approximate surface area is 123 Å². The zero-order chi connectivity index (χ0) is 13.2. The van der Waals surface area contributed by atoms with E-state index in [1.807, 2.05) is 30.8 Å². The molecule has 0 unspecified atom stereocenters. The van der Waals surface area contributed by atoms with Crippen LogP contribution in [0.15, 0.2) is 18.2 Å². The molecule has 0 aliphatic carbocycles. The van der Waals surface area contributed by atoms with Crippen LogP contribution in [0.4, 0.5) is 0 Å². The van der Waals surface area contributed by atoms with Gasteiger partial charge in [-0.3, -0.25) is 0 Å². The minimum atomic E-state index is 0.661. The summed E-state index contributed by atoms with van der Waals surface area (Å²) in [5.74, 6) is 4.02. The Balaban J connectivity index is 2.52. The summed E-state index contributed by atoms with van der Waals surface area (Å²) in [4.78, 5) is 0. The smallest absolute Gasteiger partial charge is 0.161 e. The maximum atomic E-state index is 5.78. The van der Waals surface area contributed by atoms with Crippen LogP contribution in [0.1, 0.15) is 25.8 Å². The van der Waals surface area contributed by atoms with Crippen LogP contribution >= 0.6 is 27.7 Å². The maximum absolute atomic E-state index is 5.78. The lowest BCUT2D eigenvalue weighted by Crippen LogP contribution is -2.02. The molecule has 2 nitrogen and oxygen atoms in total. The molecular formula is C14H21BrO2S. The molecule has 0 N–H and O–H groups in total. The van der Waals surface area contributed by atoms with Gasteiger partial charge in [-0.1, -0.05) is 28.9 Å². The summed E-state index contributed by atoms with van der Waals surface area (Å²) >= 11 is 5.40. The quantitative estimate of drug-likeness (QED) is 0.490. The number of hydrogen-bond donors (Lipinski definition) is 0. The molecule has 0 bridgehead atoms. The normalized spacial score (nSPS) is 10.4. The molecule has 0 aliphatic rings. The molecule has 1 rings (SSSR count). The van der Waals surface area contributed by atoms with Crippen LogP contribution < -0.4 is 9.47 Å². The van der Waals surface area contributed by atoms with E-state index >= 15 is 0 Å². The van der Waals surface area contributed by atoms with Crippen LogP contribution in [-0.4, -0.2) is 24.7 Å². The van der Waals surface area contributed by atoms with Crippen LogP contribution in [0.25, 0.3) is 0 Å². The lowest BCUT2D eigenvalue weighted by atomic mass is 10.2. The summed E-state index contributed by atoms with van der Waals surface area (Å²) in [6.45, 7) is 5.58. The third-order valence-electron chi connectivity index (χ3n) is 2.36. The lowest BCUT2D eigenvalue weighted by molar-refractivity contribution is 0.277. The maximum Gasteiger partial charge on any atom is 0.161 e. The first-order valence-corrected chi connectivity index (χ1v) is 8.61. The summed E-state index contributed by atoms with van der Waals surface area (Å²) in [6.07, 6.45) is 1.07. The third kappa shape index (κ3) is 5.53. The Bertz CT molecular complexity index is 345. The van der Waals surface area contributed by atoms with Gasteiger partial charge in [0.15, 0.2) is 11.5 Å². The average Bonchev–Trinajstić information content (AvgIpc) is 2.40. The molecule has 0 amide bonds. The van der Waals surface area contributed by atoms with Gasteiger partial charge in [-0.15, -0.1) is 0 Å². The lowest BCUT2D eigenvalue weighted by Gasteiger charge is -2.12. The third-order valence-corrected chi connectivity index (χ3v) is 3.99. The fourth-order valence-corrected chi connectivity index (χ4v) is 2.47. The highest BCUT2D eigenvalue weighted by atomic mass is 79.9. The van der Waals surface area contributed by atoms with Crippen LogP contribution in [0, 0.1) is 0 Å². The molecule has 1 aromatic rings. The van der Waals surface area contributed by atoms with Crippen LogP contribution in [0.2, 0.25) is 0 Å². The number of hydrogen-bond acceptors (Lipinski definition) is 3. The Morgan fingerprint density at radius 2 is 2.00 bits per heavy atom. The number of rotatable bonds is 9. The van der Waals surface area contributed by atoms with E-state index in [2.05, 4.69) is 28.9 Å². The fourth-order valence-electron chi connectivity index (χ4n) is 1.51. The van der Waals surface area contributed by atoms with Gasteiger partial charge in [-0.2, -0.15) is 11.8 Å². The molecule has 18 heavy (non-hydrogen) atoms. The van der Waals surface area contributed by atoms with Crippen LogP contribution in [0.3, 0.4) is 0 Å². The Morgan fingerprint density at radius 3 is 2.67 bits per heavy atom. The van der Waals surface area contributed by atoms with Gasteiger partial charge in [0.1, 0.15) is 0 Å². The zero-order valence-electron chi connectivity index (χ0n) is 11.1. The van der Waals surface area contributed by atoms with Crippen molar-refractivity contribution in [1.82, 2.24) is 0 Å². The first-order chi connectivity index (χ1) is 8.81. The number of thioether (sulfide) groups is 1. The standard InChI is InChI=1S/C14H21BrO2S/c1-3-16-14-10-12(11-15)6-7-13(14)17-8-5-9-18-4-2/h6-7,10H,3-5,8-9,11H2,1-2H3. The Kier molecular flexibility index (Phi) is 8.34. The molecule has 1 aromatic carbocycles. The molecule has 0 aliphatic heterocycles. The van der Waals surface area contributed by atoms with Crippen molar-refractivity contribution in [3.63, 3.8) is 0 Å². The second kappa shape index (κ2) is 9.56. The highest BCUT2D eigenvalue weighted by molar-refractivity contribution is 9.08. The van der Waals surface area contributed by atoms with Crippen molar-refractivity contribution in [3.05, 3.63) is 23.8 Å². The fraction of sp³-hybridized carbons (Fsp3) is 0.571. The van der Waals surface area contributed by atoms with Gasteiger partial charge >= 0.3 is 0 Å². The average molecular weight is 333 g/mol. The minimum Gasteiger partial charge on any atom is -0.490 e. The van der Waals surface area contributed by atoms with Gasteiger partial charge in [0.2, 0.25) is 0 Å². The predicted molar refractivity (Wildman–Crippen MR) is 83.4 cm³/mol. The second-order valence-electron chi connectivity index (χ2n) is 3.75. The van der Waals surface area contributed by atoms with E-state index in [-0.39, 0.29) is 0 Å². The van der Waals surface area contributed by atoms with E-state index in [0.717, 1.165) is 35.6 Å². The van der Waals surface area contributed by atoms with Crippen LogP contribution in [0.5, 0.6) is 11.5 Å². The van der Waals surface area contributed by atoms with E-state index in [9.17, 15) is 0 Å². The highest BCUT2D eigenvalue weighted by Crippen LogP contribution is 2.29. The Morgan fingerprint density at radius 1 is 1.17 bits per heavy atom. The van der Waals surface area contributed by atoms with Gasteiger partial charge in [0.25, 0.3) is 0 Å². The minimum absolute atomic E-state index is 0.661. The van der Waals surface area contributed by atoms with Crippen molar-refractivity contribution < 1.29 is 9.47 Å². The van der Waals surface area contributed by atoms with E-state index in [4.69, 9.17) is 9.47 Å². The summed E-state index contributed by atoms with van der Waals surface area (Å²) in [7, 11) is 0. The van der Waals surface area contributed by atoms with Crippen molar-refractivity contribution in [1.29, 1.82) is 0 Å². The van der Waals surface area contributed by atoms with E-state index in [0.29, 0.717) is 6.61 Å². The van der Waals surface area contributed by atoms with E-state index in [1.54, 1.807) is 0 Å². The number of benzene rings is 1. The number of ether oxygens (including phenoxy) is 2. The van der Waals surface area contributed by atoms with Gasteiger partial charge in [0, 0.05) is 5.33 Å². The first-order valence-electron chi connectivity index (χ1n) is 6.34. The first kappa shape index (κ1) is 15.7. The van der Waals surface area contributed by atoms with Gasteiger partial charge in [-0.05, 0) is 42.5 Å². The van der Waals surface area contributed by atoms with Gasteiger partial charge in [0.05, 0.1) is 13.2 Å². The van der Waals surface area contributed by atoms with Crippen molar-refractivity contribution in [2.45, 2.75) is 25.6 Å². The van der Waals surface area contributed by atoms with Crippen LogP contribution in [-0.2, 0) is 5.33 Å². The Hall–Kier alpha value is -0.350. The molecule has 0 atom stereocenters. The zero-order valence-corrected chi connectivity index (χ0v) is 13.5. The summed E-state index contributed by atoms with van der Waals surface area (Å²) in [6, 6.07) is 6.09. The summed E-state index contributed by atoms with van der Waals surface area (Å²) in [5, 5.41) is 0.834. The molecular weight excluding hydrogens is 312 g/mol. The predicted octanol–water partition coefficient (Wildman–Crippen LogP) is 4.50. The number of alkyl halides is 1. The van der Waals surface area contributed by atoms with Crippen molar-refractivity contribution in [3.8, 4) is 11.5 Å². The molecule has 0 saturated heterocycles. The van der Waals surface area contributed by atoms with Gasteiger partial charge in [-0.25, -0.2) is 0 Å².